The molecule has 3 aromatic rings. The first-order chi connectivity index (χ1) is 13.2. The van der Waals surface area contributed by atoms with Gasteiger partial charge in [0.05, 0.1) is 0 Å². The van der Waals surface area contributed by atoms with Crippen molar-refractivity contribution < 1.29 is 4.79 Å². The van der Waals surface area contributed by atoms with Crippen LogP contribution < -0.4 is 10.2 Å². The number of halogens is 1. The Labute approximate surface area is 164 Å². The number of carbonyl (C=O) groups excluding carboxylic acids is 1. The summed E-state index contributed by atoms with van der Waals surface area (Å²) in [6.45, 7) is 3.18. The van der Waals surface area contributed by atoms with Crippen LogP contribution in [0.2, 0.25) is 5.02 Å². The molecule has 0 fully saturated rings. The van der Waals surface area contributed by atoms with Crippen molar-refractivity contribution in [2.75, 3.05) is 23.3 Å². The molecule has 0 unspecified atom stereocenters. The molecule has 2 aromatic carbocycles. The van der Waals surface area contributed by atoms with Crippen molar-refractivity contribution in [2.24, 2.45) is 0 Å². The van der Waals surface area contributed by atoms with Crippen LogP contribution >= 0.6 is 11.6 Å². The summed E-state index contributed by atoms with van der Waals surface area (Å²) in [6.07, 6.45) is 2.22. The van der Waals surface area contributed by atoms with Crippen molar-refractivity contribution in [1.29, 1.82) is 0 Å². The zero-order chi connectivity index (χ0) is 19.1. The number of anilines is 2. The molecule has 27 heavy (non-hydrogen) atoms. The van der Waals surface area contributed by atoms with E-state index in [2.05, 4.69) is 15.3 Å². The molecule has 3 rings (SSSR count). The van der Waals surface area contributed by atoms with Gasteiger partial charge in [-0.3, -0.25) is 4.79 Å². The van der Waals surface area contributed by atoms with Gasteiger partial charge in [0, 0.05) is 29.9 Å². The molecule has 0 radical (unpaired) electrons. The van der Waals surface area contributed by atoms with Gasteiger partial charge in [-0.2, -0.15) is 0 Å². The standard InChI is InChI=1S/C21H21ClN4O/c1-2-26(18-9-4-3-5-10-18)21(27)19-14-20(25-15-24-19)23-12-11-16-7-6-8-17(22)13-16/h3-10,13-15H,2,11-12H2,1H3,(H,23,24,25). The van der Waals surface area contributed by atoms with Gasteiger partial charge in [-0.05, 0) is 43.2 Å². The van der Waals surface area contributed by atoms with E-state index in [1.807, 2.05) is 61.5 Å². The van der Waals surface area contributed by atoms with Crippen molar-refractivity contribution in [3.63, 3.8) is 0 Å². The van der Waals surface area contributed by atoms with E-state index in [-0.39, 0.29) is 5.91 Å². The maximum atomic E-state index is 12.9. The average molecular weight is 381 g/mol. The second-order valence-corrected chi connectivity index (χ2v) is 6.42. The average Bonchev–Trinajstić information content (AvgIpc) is 2.70. The summed E-state index contributed by atoms with van der Waals surface area (Å²) in [5.41, 5.74) is 2.35. The van der Waals surface area contributed by atoms with Crippen molar-refractivity contribution >= 4 is 29.0 Å². The zero-order valence-corrected chi connectivity index (χ0v) is 15.9. The first-order valence-corrected chi connectivity index (χ1v) is 9.22. The number of nitrogens with one attached hydrogen (secondary N) is 1. The molecule has 1 N–H and O–H groups in total. The number of hydrogen-bond acceptors (Lipinski definition) is 4. The Morgan fingerprint density at radius 2 is 1.89 bits per heavy atom. The van der Waals surface area contributed by atoms with Gasteiger partial charge in [0.15, 0.2) is 0 Å². The maximum absolute atomic E-state index is 12.9. The van der Waals surface area contributed by atoms with Gasteiger partial charge in [-0.25, -0.2) is 9.97 Å². The largest absolute Gasteiger partial charge is 0.370 e. The number of aromatic nitrogens is 2. The third-order valence-electron chi connectivity index (χ3n) is 4.12. The molecular formula is C21H21ClN4O. The van der Waals surface area contributed by atoms with Gasteiger partial charge in [-0.15, -0.1) is 0 Å². The Morgan fingerprint density at radius 3 is 2.63 bits per heavy atom. The third kappa shape index (κ3) is 5.05. The smallest absolute Gasteiger partial charge is 0.277 e. The number of nitrogens with zero attached hydrogens (tertiary/aromatic N) is 3. The lowest BCUT2D eigenvalue weighted by Gasteiger charge is -2.20. The van der Waals surface area contributed by atoms with Crippen molar-refractivity contribution in [1.82, 2.24) is 9.97 Å². The number of rotatable bonds is 7. The molecule has 6 heteroatoms. The molecule has 138 valence electrons. The van der Waals surface area contributed by atoms with E-state index in [0.717, 1.165) is 22.7 Å². The SMILES string of the molecule is CCN(C(=O)c1cc(NCCc2cccc(Cl)c2)ncn1)c1ccccc1. The number of hydrogen-bond donors (Lipinski definition) is 1. The maximum Gasteiger partial charge on any atom is 0.277 e. The predicted octanol–water partition coefficient (Wildman–Crippen LogP) is 4.45. The van der Waals surface area contributed by atoms with E-state index in [0.29, 0.717) is 24.6 Å². The number of carbonyl (C=O) groups is 1. The first kappa shape index (κ1) is 18.9. The lowest BCUT2D eigenvalue weighted by molar-refractivity contribution is 0.0983. The lowest BCUT2D eigenvalue weighted by atomic mass is 10.1. The van der Waals surface area contributed by atoms with Crippen LogP contribution in [0.5, 0.6) is 0 Å². The van der Waals surface area contributed by atoms with E-state index in [1.54, 1.807) is 11.0 Å². The Hall–Kier alpha value is -2.92. The molecule has 0 aliphatic carbocycles. The fraction of sp³-hybridized carbons (Fsp3) is 0.190. The fourth-order valence-corrected chi connectivity index (χ4v) is 3.00. The zero-order valence-electron chi connectivity index (χ0n) is 15.1. The van der Waals surface area contributed by atoms with Crippen LogP contribution in [0, 0.1) is 0 Å². The van der Waals surface area contributed by atoms with Gasteiger partial charge in [0.25, 0.3) is 5.91 Å². The fourth-order valence-electron chi connectivity index (χ4n) is 2.79. The molecule has 5 nitrogen and oxygen atoms in total. The van der Waals surface area contributed by atoms with E-state index in [4.69, 9.17) is 11.6 Å². The summed E-state index contributed by atoms with van der Waals surface area (Å²) in [7, 11) is 0. The Bertz CT molecular complexity index is 901. The van der Waals surface area contributed by atoms with Crippen molar-refractivity contribution in [3.05, 3.63) is 83.3 Å². The molecule has 0 atom stereocenters. The molecule has 0 aliphatic heterocycles. The molecule has 0 saturated carbocycles. The number of benzene rings is 2. The van der Waals surface area contributed by atoms with Gasteiger partial charge in [0.2, 0.25) is 0 Å². The highest BCUT2D eigenvalue weighted by Gasteiger charge is 2.17. The highest BCUT2D eigenvalue weighted by atomic mass is 35.5. The summed E-state index contributed by atoms with van der Waals surface area (Å²) in [5.74, 6) is 0.475. The number of amides is 1. The second kappa shape index (κ2) is 9.14. The van der Waals surface area contributed by atoms with Crippen LogP contribution in [0.1, 0.15) is 23.0 Å². The lowest BCUT2D eigenvalue weighted by Crippen LogP contribution is -2.31. The van der Waals surface area contributed by atoms with Gasteiger partial charge in [-0.1, -0.05) is 41.9 Å². The highest BCUT2D eigenvalue weighted by Crippen LogP contribution is 2.17. The molecule has 0 spiro atoms. The third-order valence-corrected chi connectivity index (χ3v) is 4.36. The molecule has 0 saturated heterocycles. The summed E-state index contributed by atoms with van der Waals surface area (Å²) in [5, 5.41) is 3.96. The molecule has 0 aliphatic rings. The Balaban J connectivity index is 1.66. The predicted molar refractivity (Wildman–Crippen MR) is 109 cm³/mol. The van der Waals surface area contributed by atoms with Crippen LogP contribution in [0.15, 0.2) is 67.0 Å². The topological polar surface area (TPSA) is 58.1 Å². The minimum atomic E-state index is -0.149. The normalized spacial score (nSPS) is 10.4. The first-order valence-electron chi connectivity index (χ1n) is 8.84. The van der Waals surface area contributed by atoms with Gasteiger partial charge in [0.1, 0.15) is 17.8 Å². The minimum absolute atomic E-state index is 0.149. The van der Waals surface area contributed by atoms with E-state index in [9.17, 15) is 4.79 Å². The minimum Gasteiger partial charge on any atom is -0.370 e. The Morgan fingerprint density at radius 1 is 1.07 bits per heavy atom. The van der Waals surface area contributed by atoms with Crippen LogP contribution in [0.25, 0.3) is 0 Å². The molecule has 1 amide bonds. The summed E-state index contributed by atoms with van der Waals surface area (Å²) in [4.78, 5) is 22.9. The highest BCUT2D eigenvalue weighted by molar-refractivity contribution is 6.30. The van der Waals surface area contributed by atoms with Crippen LogP contribution in [0.3, 0.4) is 0 Å². The molecule has 0 bridgehead atoms. The van der Waals surface area contributed by atoms with E-state index < -0.39 is 0 Å². The van der Waals surface area contributed by atoms with E-state index in [1.165, 1.54) is 6.33 Å². The van der Waals surface area contributed by atoms with Crippen molar-refractivity contribution in [2.45, 2.75) is 13.3 Å². The van der Waals surface area contributed by atoms with Gasteiger partial charge >= 0.3 is 0 Å². The molecule has 1 heterocycles. The molecular weight excluding hydrogens is 360 g/mol. The van der Waals surface area contributed by atoms with Crippen molar-refractivity contribution in [3.8, 4) is 0 Å². The van der Waals surface area contributed by atoms with Crippen LogP contribution in [0.4, 0.5) is 11.5 Å². The number of para-hydroxylation sites is 1. The molecule has 1 aromatic heterocycles. The summed E-state index contributed by atoms with van der Waals surface area (Å²) >= 11 is 6.01. The second-order valence-electron chi connectivity index (χ2n) is 5.98. The van der Waals surface area contributed by atoms with Gasteiger partial charge < -0.3 is 10.2 Å². The van der Waals surface area contributed by atoms with E-state index >= 15 is 0 Å². The Kier molecular flexibility index (Phi) is 6.39. The monoisotopic (exact) mass is 380 g/mol. The summed E-state index contributed by atoms with van der Waals surface area (Å²) < 4.78 is 0. The van der Waals surface area contributed by atoms with Crippen LogP contribution in [-0.2, 0) is 6.42 Å². The summed E-state index contributed by atoms with van der Waals surface area (Å²) in [6, 6.07) is 19.0. The van der Waals surface area contributed by atoms with Crippen LogP contribution in [-0.4, -0.2) is 29.0 Å². The quantitative estimate of drug-likeness (QED) is 0.657.